The highest BCUT2D eigenvalue weighted by Gasteiger charge is 2.13. The third-order valence-corrected chi connectivity index (χ3v) is 4.65. The van der Waals surface area contributed by atoms with Gasteiger partial charge in [0.2, 0.25) is 0 Å². The van der Waals surface area contributed by atoms with Gasteiger partial charge in [0.25, 0.3) is 11.6 Å². The van der Waals surface area contributed by atoms with Gasteiger partial charge in [0, 0.05) is 12.1 Å². The lowest BCUT2D eigenvalue weighted by Crippen LogP contribution is -2.38. The van der Waals surface area contributed by atoms with Crippen LogP contribution in [0.15, 0.2) is 53.6 Å². The zero-order valence-corrected chi connectivity index (χ0v) is 16.1. The Labute approximate surface area is 169 Å². The number of nitrogens with zero attached hydrogens (tertiary/aromatic N) is 3. The second-order valence-electron chi connectivity index (χ2n) is 6.91. The Hall–Kier alpha value is -3.26. The van der Waals surface area contributed by atoms with Gasteiger partial charge in [-0.3, -0.25) is 19.8 Å². The second kappa shape index (κ2) is 10.3. The maximum absolute atomic E-state index is 11.9. The molecule has 1 aliphatic heterocycles. The number of rotatable bonds is 8. The summed E-state index contributed by atoms with van der Waals surface area (Å²) in [5.41, 5.74) is 4.30. The molecule has 1 saturated heterocycles. The molecule has 3 rings (SSSR count). The fourth-order valence-electron chi connectivity index (χ4n) is 3.07. The predicted molar refractivity (Wildman–Crippen MR) is 110 cm³/mol. The molecule has 0 saturated carbocycles. The Morgan fingerprint density at radius 3 is 2.45 bits per heavy atom. The molecule has 0 aliphatic carbocycles. The number of hydrogen-bond acceptors (Lipinski definition) is 6. The van der Waals surface area contributed by atoms with E-state index in [-0.39, 0.29) is 11.6 Å². The molecule has 0 aromatic heterocycles. The van der Waals surface area contributed by atoms with Gasteiger partial charge in [0.15, 0.2) is 0 Å². The number of likely N-dealkylation sites (tertiary alicyclic amines) is 1. The summed E-state index contributed by atoms with van der Waals surface area (Å²) >= 11 is 0. The van der Waals surface area contributed by atoms with Crippen molar-refractivity contribution in [1.82, 2.24) is 10.3 Å². The SMILES string of the molecule is O=C(CN1CCCCC1)N/N=C/c1ccc(OCc2ccc([N+](=O)[O-])cc2)cc1. The Morgan fingerprint density at radius 1 is 1.10 bits per heavy atom. The first kappa shape index (κ1) is 20.5. The van der Waals surface area contributed by atoms with Crippen molar-refractivity contribution >= 4 is 17.8 Å². The number of ether oxygens (including phenoxy) is 1. The first-order valence-corrected chi connectivity index (χ1v) is 9.60. The van der Waals surface area contributed by atoms with Crippen LogP contribution < -0.4 is 10.2 Å². The average molecular weight is 396 g/mol. The number of piperidine rings is 1. The summed E-state index contributed by atoms with van der Waals surface area (Å²) in [6.07, 6.45) is 5.13. The molecule has 1 aliphatic rings. The van der Waals surface area contributed by atoms with Crippen LogP contribution in [0.4, 0.5) is 5.69 Å². The standard InChI is InChI=1S/C21H24N4O4/c26-21(15-24-12-2-1-3-13-24)23-22-14-17-6-10-20(11-7-17)29-16-18-4-8-19(9-5-18)25(27)28/h4-11,14H,1-3,12-13,15-16H2,(H,23,26)/b22-14+. The second-order valence-corrected chi connectivity index (χ2v) is 6.91. The molecule has 1 fully saturated rings. The molecule has 0 spiro atoms. The van der Waals surface area contributed by atoms with Crippen LogP contribution >= 0.6 is 0 Å². The van der Waals surface area contributed by atoms with E-state index in [1.165, 1.54) is 18.6 Å². The average Bonchev–Trinajstić information content (AvgIpc) is 2.74. The predicted octanol–water partition coefficient (Wildman–Crippen LogP) is 3.11. The topological polar surface area (TPSA) is 97.1 Å². The zero-order valence-electron chi connectivity index (χ0n) is 16.1. The Balaban J connectivity index is 1.42. The van der Waals surface area contributed by atoms with E-state index < -0.39 is 4.92 Å². The first-order chi connectivity index (χ1) is 14.1. The van der Waals surface area contributed by atoms with Gasteiger partial charge >= 0.3 is 0 Å². The fraction of sp³-hybridized carbons (Fsp3) is 0.333. The van der Waals surface area contributed by atoms with Crippen LogP contribution in [0.2, 0.25) is 0 Å². The van der Waals surface area contributed by atoms with Crippen LogP contribution in [-0.4, -0.2) is 41.6 Å². The minimum absolute atomic E-state index is 0.0559. The maximum Gasteiger partial charge on any atom is 0.269 e. The number of benzene rings is 2. The maximum atomic E-state index is 11.9. The highest BCUT2D eigenvalue weighted by Crippen LogP contribution is 2.16. The summed E-state index contributed by atoms with van der Waals surface area (Å²) in [7, 11) is 0. The van der Waals surface area contributed by atoms with Crippen LogP contribution in [0.5, 0.6) is 5.75 Å². The van der Waals surface area contributed by atoms with E-state index in [9.17, 15) is 14.9 Å². The lowest BCUT2D eigenvalue weighted by Gasteiger charge is -2.25. The Bertz CT molecular complexity index is 844. The molecule has 2 aromatic rings. The molecule has 8 heteroatoms. The van der Waals surface area contributed by atoms with Crippen LogP contribution in [0.3, 0.4) is 0 Å². The molecule has 1 N–H and O–H groups in total. The Morgan fingerprint density at radius 2 is 1.79 bits per heavy atom. The van der Waals surface area contributed by atoms with Gasteiger partial charge < -0.3 is 4.74 Å². The van der Waals surface area contributed by atoms with Gasteiger partial charge in [0.1, 0.15) is 12.4 Å². The van der Waals surface area contributed by atoms with Crippen molar-refractivity contribution in [3.8, 4) is 5.75 Å². The summed E-state index contributed by atoms with van der Waals surface area (Å²) in [5, 5.41) is 14.7. The minimum Gasteiger partial charge on any atom is -0.489 e. The molecule has 1 amide bonds. The van der Waals surface area contributed by atoms with E-state index in [1.807, 2.05) is 24.3 Å². The lowest BCUT2D eigenvalue weighted by molar-refractivity contribution is -0.384. The van der Waals surface area contributed by atoms with Gasteiger partial charge in [-0.15, -0.1) is 0 Å². The molecule has 0 unspecified atom stereocenters. The number of amides is 1. The van der Waals surface area contributed by atoms with Crippen molar-refractivity contribution in [2.45, 2.75) is 25.9 Å². The van der Waals surface area contributed by atoms with E-state index in [0.717, 1.165) is 37.1 Å². The van der Waals surface area contributed by atoms with Gasteiger partial charge in [-0.25, -0.2) is 5.43 Å². The van der Waals surface area contributed by atoms with Crippen molar-refractivity contribution in [2.24, 2.45) is 5.10 Å². The van der Waals surface area contributed by atoms with E-state index in [2.05, 4.69) is 15.4 Å². The highest BCUT2D eigenvalue weighted by molar-refractivity contribution is 5.83. The monoisotopic (exact) mass is 396 g/mol. The zero-order chi connectivity index (χ0) is 20.5. The number of nitro benzene ring substituents is 1. The molecule has 2 aromatic carbocycles. The van der Waals surface area contributed by atoms with Gasteiger partial charge in [0.05, 0.1) is 17.7 Å². The molecule has 0 atom stereocenters. The quantitative estimate of drug-likeness (QED) is 0.420. The summed E-state index contributed by atoms with van der Waals surface area (Å²) in [6.45, 7) is 2.64. The number of hydrogen-bond donors (Lipinski definition) is 1. The van der Waals surface area contributed by atoms with E-state index in [0.29, 0.717) is 18.9 Å². The highest BCUT2D eigenvalue weighted by atomic mass is 16.6. The van der Waals surface area contributed by atoms with Gasteiger partial charge in [-0.05, 0) is 73.5 Å². The fourth-order valence-corrected chi connectivity index (χ4v) is 3.07. The smallest absolute Gasteiger partial charge is 0.269 e. The molecule has 8 nitrogen and oxygen atoms in total. The molecule has 0 radical (unpaired) electrons. The van der Waals surface area contributed by atoms with E-state index in [4.69, 9.17) is 4.74 Å². The first-order valence-electron chi connectivity index (χ1n) is 9.60. The summed E-state index contributed by atoms with van der Waals surface area (Å²) in [5.74, 6) is 0.570. The minimum atomic E-state index is -0.430. The number of carbonyl (C=O) groups excluding carboxylic acids is 1. The van der Waals surface area contributed by atoms with Gasteiger partial charge in [-0.1, -0.05) is 6.42 Å². The van der Waals surface area contributed by atoms with Crippen molar-refractivity contribution < 1.29 is 14.5 Å². The van der Waals surface area contributed by atoms with E-state index in [1.54, 1.807) is 18.3 Å². The molecule has 0 bridgehead atoms. The van der Waals surface area contributed by atoms with Crippen LogP contribution in [0, 0.1) is 10.1 Å². The van der Waals surface area contributed by atoms with E-state index >= 15 is 0 Å². The largest absolute Gasteiger partial charge is 0.489 e. The van der Waals surface area contributed by atoms with Crippen molar-refractivity contribution in [1.29, 1.82) is 0 Å². The van der Waals surface area contributed by atoms with Crippen molar-refractivity contribution in [3.63, 3.8) is 0 Å². The summed E-state index contributed by atoms with van der Waals surface area (Å²) in [6, 6.07) is 13.6. The van der Waals surface area contributed by atoms with Crippen LogP contribution in [0.1, 0.15) is 30.4 Å². The molecule has 1 heterocycles. The van der Waals surface area contributed by atoms with Crippen LogP contribution in [-0.2, 0) is 11.4 Å². The summed E-state index contributed by atoms with van der Waals surface area (Å²) < 4.78 is 5.69. The van der Waals surface area contributed by atoms with Gasteiger partial charge in [-0.2, -0.15) is 5.10 Å². The number of nitrogens with one attached hydrogen (secondary N) is 1. The number of nitro groups is 1. The molecular formula is C21H24N4O4. The number of hydrazone groups is 1. The number of carbonyl (C=O) groups is 1. The molecule has 152 valence electrons. The van der Waals surface area contributed by atoms with Crippen molar-refractivity contribution in [2.75, 3.05) is 19.6 Å². The Kier molecular flexibility index (Phi) is 7.29. The lowest BCUT2D eigenvalue weighted by atomic mass is 10.1. The van der Waals surface area contributed by atoms with Crippen LogP contribution in [0.25, 0.3) is 0 Å². The summed E-state index contributed by atoms with van der Waals surface area (Å²) in [4.78, 5) is 24.3. The molecular weight excluding hydrogens is 372 g/mol. The normalized spacial score (nSPS) is 14.6. The number of non-ortho nitro benzene ring substituents is 1. The van der Waals surface area contributed by atoms with Crippen molar-refractivity contribution in [3.05, 3.63) is 69.8 Å². The molecule has 29 heavy (non-hydrogen) atoms. The third kappa shape index (κ3) is 6.69. The third-order valence-electron chi connectivity index (χ3n) is 4.65.